The first-order chi connectivity index (χ1) is 11.4. The van der Waals surface area contributed by atoms with E-state index in [1.54, 1.807) is 24.3 Å². The molecule has 0 unspecified atom stereocenters. The number of benzene rings is 1. The van der Waals surface area contributed by atoms with Gasteiger partial charge in [-0.1, -0.05) is 32.0 Å². The molecule has 134 valence electrons. The lowest BCUT2D eigenvalue weighted by Gasteiger charge is -2.31. The van der Waals surface area contributed by atoms with Crippen molar-refractivity contribution in [1.29, 1.82) is 0 Å². The standard InChI is InChI=1S/C18H28N2O3S/c1-15(2)8-11-19-18(21)14-16-9-12-20(13-10-16)24(22,23)17-6-4-3-5-7-17/h3-7,15-16H,8-14H2,1-2H3,(H,19,21). The minimum Gasteiger partial charge on any atom is -0.356 e. The lowest BCUT2D eigenvalue weighted by molar-refractivity contribution is -0.122. The van der Waals surface area contributed by atoms with Gasteiger partial charge in [-0.3, -0.25) is 4.79 Å². The number of hydrogen-bond acceptors (Lipinski definition) is 3. The largest absolute Gasteiger partial charge is 0.356 e. The van der Waals surface area contributed by atoms with E-state index in [-0.39, 0.29) is 11.8 Å². The van der Waals surface area contributed by atoms with Crippen LogP contribution in [0.4, 0.5) is 0 Å². The summed E-state index contributed by atoms with van der Waals surface area (Å²) in [7, 11) is -3.40. The fraction of sp³-hybridized carbons (Fsp3) is 0.611. The molecule has 0 saturated carbocycles. The van der Waals surface area contributed by atoms with E-state index >= 15 is 0 Å². The molecule has 0 spiro atoms. The van der Waals surface area contributed by atoms with Crippen molar-refractivity contribution < 1.29 is 13.2 Å². The quantitative estimate of drug-likeness (QED) is 0.820. The fourth-order valence-electron chi connectivity index (χ4n) is 2.93. The van der Waals surface area contributed by atoms with E-state index in [9.17, 15) is 13.2 Å². The lowest BCUT2D eigenvalue weighted by atomic mass is 9.94. The van der Waals surface area contributed by atoms with Crippen molar-refractivity contribution >= 4 is 15.9 Å². The predicted octanol–water partition coefficient (Wildman–Crippen LogP) is 2.64. The summed E-state index contributed by atoms with van der Waals surface area (Å²) in [5.74, 6) is 0.933. The normalized spacial score (nSPS) is 17.1. The summed E-state index contributed by atoms with van der Waals surface area (Å²) in [4.78, 5) is 12.3. The number of nitrogens with zero attached hydrogens (tertiary/aromatic N) is 1. The number of hydrogen-bond donors (Lipinski definition) is 1. The Bertz CT molecular complexity index is 621. The molecule has 1 aliphatic rings. The Hall–Kier alpha value is -1.40. The zero-order chi connectivity index (χ0) is 17.6. The van der Waals surface area contributed by atoms with Gasteiger partial charge >= 0.3 is 0 Å². The summed E-state index contributed by atoms with van der Waals surface area (Å²) in [6.45, 7) is 5.96. The SMILES string of the molecule is CC(C)CCNC(=O)CC1CCN(S(=O)(=O)c2ccccc2)CC1. The second-order valence-electron chi connectivity index (χ2n) is 6.90. The van der Waals surface area contributed by atoms with Gasteiger partial charge < -0.3 is 5.32 Å². The first-order valence-corrected chi connectivity index (χ1v) is 10.2. The first-order valence-electron chi connectivity index (χ1n) is 8.71. The van der Waals surface area contributed by atoms with E-state index in [4.69, 9.17) is 0 Å². The number of carbonyl (C=O) groups excluding carboxylic acids is 1. The van der Waals surface area contributed by atoms with Crippen molar-refractivity contribution in [2.75, 3.05) is 19.6 Å². The zero-order valence-electron chi connectivity index (χ0n) is 14.6. The van der Waals surface area contributed by atoms with Crippen LogP contribution in [0.2, 0.25) is 0 Å². The van der Waals surface area contributed by atoms with E-state index in [0.717, 1.165) is 25.8 Å². The Balaban J connectivity index is 1.80. The molecule has 0 bridgehead atoms. The van der Waals surface area contributed by atoms with Crippen LogP contribution in [0.5, 0.6) is 0 Å². The third-order valence-electron chi connectivity index (χ3n) is 4.47. The molecule has 1 N–H and O–H groups in total. The molecule has 1 heterocycles. The van der Waals surface area contributed by atoms with Gasteiger partial charge in [0.15, 0.2) is 0 Å². The molecule has 2 rings (SSSR count). The molecule has 1 aromatic carbocycles. The smallest absolute Gasteiger partial charge is 0.243 e. The van der Waals surface area contributed by atoms with Crippen LogP contribution in [0.15, 0.2) is 35.2 Å². The molecular formula is C18H28N2O3S. The van der Waals surface area contributed by atoms with Crippen molar-refractivity contribution in [3.8, 4) is 0 Å². The van der Waals surface area contributed by atoms with Gasteiger partial charge in [-0.15, -0.1) is 0 Å². The Morgan fingerprint density at radius 2 is 1.83 bits per heavy atom. The summed E-state index contributed by atoms with van der Waals surface area (Å²) < 4.78 is 26.7. The number of sulfonamides is 1. The van der Waals surface area contributed by atoms with Crippen LogP contribution in [-0.2, 0) is 14.8 Å². The summed E-state index contributed by atoms with van der Waals surface area (Å²) >= 11 is 0. The highest BCUT2D eigenvalue weighted by molar-refractivity contribution is 7.89. The van der Waals surface area contributed by atoms with E-state index in [2.05, 4.69) is 19.2 Å². The second-order valence-corrected chi connectivity index (χ2v) is 8.84. The minimum atomic E-state index is -3.40. The van der Waals surface area contributed by atoms with Gasteiger partial charge in [0.05, 0.1) is 4.90 Å². The molecule has 0 atom stereocenters. The van der Waals surface area contributed by atoms with Gasteiger partial charge in [0, 0.05) is 26.1 Å². The minimum absolute atomic E-state index is 0.0833. The topological polar surface area (TPSA) is 66.5 Å². The van der Waals surface area contributed by atoms with Gasteiger partial charge in [0.2, 0.25) is 15.9 Å². The number of amides is 1. The van der Waals surface area contributed by atoms with E-state index in [0.29, 0.717) is 30.3 Å². The Kier molecular flexibility index (Phi) is 6.80. The number of nitrogens with one attached hydrogen (secondary N) is 1. The number of rotatable bonds is 7. The molecule has 1 fully saturated rings. The highest BCUT2D eigenvalue weighted by Crippen LogP contribution is 2.25. The second kappa shape index (κ2) is 8.62. The van der Waals surface area contributed by atoms with Crippen LogP contribution in [0.3, 0.4) is 0 Å². The molecule has 0 aromatic heterocycles. The molecule has 1 aromatic rings. The van der Waals surface area contributed by atoms with E-state index in [1.165, 1.54) is 4.31 Å². The van der Waals surface area contributed by atoms with Crippen LogP contribution in [-0.4, -0.2) is 38.3 Å². The average molecular weight is 353 g/mol. The summed E-state index contributed by atoms with van der Waals surface area (Å²) in [5, 5.41) is 2.96. The maximum absolute atomic E-state index is 12.6. The van der Waals surface area contributed by atoms with Crippen LogP contribution in [0, 0.1) is 11.8 Å². The van der Waals surface area contributed by atoms with Crippen molar-refractivity contribution in [3.05, 3.63) is 30.3 Å². The first kappa shape index (κ1) is 18.9. The van der Waals surface area contributed by atoms with Gasteiger partial charge in [0.1, 0.15) is 0 Å². The predicted molar refractivity (Wildman–Crippen MR) is 95.0 cm³/mol. The van der Waals surface area contributed by atoms with Gasteiger partial charge in [-0.25, -0.2) is 8.42 Å². The van der Waals surface area contributed by atoms with Crippen LogP contribution in [0.1, 0.15) is 39.5 Å². The Labute approximate surface area is 145 Å². The van der Waals surface area contributed by atoms with Gasteiger partial charge in [-0.2, -0.15) is 4.31 Å². The van der Waals surface area contributed by atoms with Crippen LogP contribution < -0.4 is 5.32 Å². The van der Waals surface area contributed by atoms with Gasteiger partial charge in [-0.05, 0) is 43.2 Å². The van der Waals surface area contributed by atoms with Crippen LogP contribution in [0.25, 0.3) is 0 Å². The third kappa shape index (κ3) is 5.31. The zero-order valence-corrected chi connectivity index (χ0v) is 15.4. The average Bonchev–Trinajstić information content (AvgIpc) is 2.56. The molecule has 1 aliphatic heterocycles. The van der Waals surface area contributed by atoms with Crippen LogP contribution >= 0.6 is 0 Å². The molecule has 24 heavy (non-hydrogen) atoms. The molecule has 1 saturated heterocycles. The third-order valence-corrected chi connectivity index (χ3v) is 6.39. The molecular weight excluding hydrogens is 324 g/mol. The van der Waals surface area contributed by atoms with Crippen molar-refractivity contribution in [1.82, 2.24) is 9.62 Å². The number of piperidine rings is 1. The van der Waals surface area contributed by atoms with Gasteiger partial charge in [0.25, 0.3) is 0 Å². The monoisotopic (exact) mass is 352 g/mol. The maximum Gasteiger partial charge on any atom is 0.243 e. The lowest BCUT2D eigenvalue weighted by Crippen LogP contribution is -2.39. The molecule has 5 nitrogen and oxygen atoms in total. The Morgan fingerprint density at radius 3 is 2.42 bits per heavy atom. The van der Waals surface area contributed by atoms with Crippen molar-refractivity contribution in [3.63, 3.8) is 0 Å². The highest BCUT2D eigenvalue weighted by Gasteiger charge is 2.29. The fourth-order valence-corrected chi connectivity index (χ4v) is 4.42. The van der Waals surface area contributed by atoms with E-state index < -0.39 is 10.0 Å². The molecule has 0 aliphatic carbocycles. The molecule has 6 heteroatoms. The summed E-state index contributed by atoms with van der Waals surface area (Å²) in [6, 6.07) is 8.54. The molecule has 1 amide bonds. The maximum atomic E-state index is 12.6. The van der Waals surface area contributed by atoms with Crippen molar-refractivity contribution in [2.45, 2.75) is 44.4 Å². The molecule has 0 radical (unpaired) electrons. The Morgan fingerprint density at radius 1 is 1.21 bits per heavy atom. The number of carbonyl (C=O) groups is 1. The van der Waals surface area contributed by atoms with Crippen molar-refractivity contribution in [2.24, 2.45) is 11.8 Å². The highest BCUT2D eigenvalue weighted by atomic mass is 32.2. The summed E-state index contributed by atoms with van der Waals surface area (Å²) in [6.07, 6.45) is 2.96. The van der Waals surface area contributed by atoms with E-state index in [1.807, 2.05) is 6.07 Å². The summed E-state index contributed by atoms with van der Waals surface area (Å²) in [5.41, 5.74) is 0.